The second-order valence-electron chi connectivity index (χ2n) is 4.41. The monoisotopic (exact) mass is 247 g/mol. The van der Waals surface area contributed by atoms with Crippen molar-refractivity contribution in [3.8, 4) is 0 Å². The largest absolute Gasteiger partial charge is 0.317 e. The van der Waals surface area contributed by atoms with Crippen LogP contribution in [0, 0.1) is 0 Å². The van der Waals surface area contributed by atoms with Crippen LogP contribution in [0.5, 0.6) is 0 Å². The Morgan fingerprint density at radius 1 is 1.29 bits per heavy atom. The van der Waals surface area contributed by atoms with Gasteiger partial charge in [-0.25, -0.2) is 9.29 Å². The van der Waals surface area contributed by atoms with Crippen LogP contribution in [0.2, 0.25) is 0 Å². The van der Waals surface area contributed by atoms with Crippen molar-refractivity contribution in [2.24, 2.45) is 0 Å². The third kappa shape index (κ3) is 2.07. The second-order valence-corrected chi connectivity index (χ2v) is 5.47. The van der Waals surface area contributed by atoms with Gasteiger partial charge in [0.2, 0.25) is 0 Å². The summed E-state index contributed by atoms with van der Waals surface area (Å²) >= 11 is 1.81. The molecule has 2 heterocycles. The lowest BCUT2D eigenvalue weighted by atomic mass is 10.3. The van der Waals surface area contributed by atoms with E-state index in [9.17, 15) is 0 Å². The van der Waals surface area contributed by atoms with Crippen molar-refractivity contribution >= 4 is 23.0 Å². The average molecular weight is 247 g/mol. The number of unbranched alkanes of at least 4 members (excludes halogenated alkanes) is 1. The summed E-state index contributed by atoms with van der Waals surface area (Å²) in [5.74, 6) is 0. The summed E-state index contributed by atoms with van der Waals surface area (Å²) in [6, 6.07) is 8.40. The van der Waals surface area contributed by atoms with Gasteiger partial charge in [-0.2, -0.15) is 0 Å². The summed E-state index contributed by atoms with van der Waals surface area (Å²) in [4.78, 5) is 4.70. The maximum Gasteiger partial charge on any atom is 0.184 e. The number of hydrogen-bond acceptors (Lipinski definition) is 3. The maximum atomic E-state index is 4.70. The van der Waals surface area contributed by atoms with Gasteiger partial charge in [-0.05, 0) is 30.5 Å². The number of fused-ring (bicyclic) bond motifs is 3. The molecule has 0 N–H and O–H groups in total. The molecule has 0 radical (unpaired) electrons. The zero-order chi connectivity index (χ0) is 11.7. The fraction of sp³-hybridized carbons (Fsp3) is 0.462. The van der Waals surface area contributed by atoms with E-state index in [1.54, 1.807) is 0 Å². The van der Waals surface area contributed by atoms with Gasteiger partial charge in [0.15, 0.2) is 5.16 Å². The first-order valence-electron chi connectivity index (χ1n) is 6.26. The Balaban J connectivity index is 1.87. The minimum absolute atomic E-state index is 1.06. The molecule has 1 aromatic heterocycles. The van der Waals surface area contributed by atoms with Crippen molar-refractivity contribution in [2.75, 3.05) is 13.1 Å². The first-order valence-corrected chi connectivity index (χ1v) is 7.04. The molecule has 1 aromatic carbocycles. The third-order valence-electron chi connectivity index (χ3n) is 3.16. The highest BCUT2D eigenvalue weighted by Crippen LogP contribution is 2.30. The normalized spacial score (nSPS) is 16.3. The Morgan fingerprint density at radius 2 is 2.18 bits per heavy atom. The fourth-order valence-corrected chi connectivity index (χ4v) is 3.26. The van der Waals surface area contributed by atoms with Crippen LogP contribution in [0.4, 0.5) is 0 Å². The highest BCUT2D eigenvalue weighted by molar-refractivity contribution is 7.96. The molecule has 2 aromatic rings. The molecular weight excluding hydrogens is 230 g/mol. The summed E-state index contributed by atoms with van der Waals surface area (Å²) in [7, 11) is 0. The van der Waals surface area contributed by atoms with Crippen LogP contribution in [-0.4, -0.2) is 26.9 Å². The molecule has 0 amide bonds. The molecule has 3 nitrogen and oxygen atoms in total. The van der Waals surface area contributed by atoms with Crippen molar-refractivity contribution in [1.29, 1.82) is 0 Å². The summed E-state index contributed by atoms with van der Waals surface area (Å²) in [6.45, 7) is 5.60. The number of hydrogen-bond donors (Lipinski definition) is 0. The number of aromatic nitrogens is 2. The van der Waals surface area contributed by atoms with Gasteiger partial charge in [-0.1, -0.05) is 25.5 Å². The van der Waals surface area contributed by atoms with Crippen LogP contribution in [0.1, 0.15) is 19.8 Å². The van der Waals surface area contributed by atoms with Gasteiger partial charge in [-0.15, -0.1) is 0 Å². The van der Waals surface area contributed by atoms with Gasteiger partial charge in [0, 0.05) is 19.6 Å². The molecular formula is C13H17N3S. The number of imidazole rings is 1. The number of nitrogens with zero attached hydrogens (tertiary/aromatic N) is 3. The molecule has 4 heteroatoms. The predicted molar refractivity (Wildman–Crippen MR) is 72.1 cm³/mol. The van der Waals surface area contributed by atoms with E-state index in [1.807, 2.05) is 11.9 Å². The summed E-state index contributed by atoms with van der Waals surface area (Å²) in [5, 5.41) is 1.15. The molecule has 0 bridgehead atoms. The van der Waals surface area contributed by atoms with Crippen molar-refractivity contribution in [2.45, 2.75) is 31.5 Å². The molecule has 90 valence electrons. The zero-order valence-electron chi connectivity index (χ0n) is 10.1. The van der Waals surface area contributed by atoms with Crippen LogP contribution in [0.3, 0.4) is 0 Å². The van der Waals surface area contributed by atoms with E-state index in [0.717, 1.165) is 23.8 Å². The van der Waals surface area contributed by atoms with Crippen molar-refractivity contribution < 1.29 is 0 Å². The summed E-state index contributed by atoms with van der Waals surface area (Å²) < 4.78 is 4.77. The van der Waals surface area contributed by atoms with Crippen molar-refractivity contribution in [1.82, 2.24) is 13.9 Å². The van der Waals surface area contributed by atoms with Gasteiger partial charge in [0.05, 0.1) is 11.0 Å². The predicted octanol–water partition coefficient (Wildman–Crippen LogP) is 3.16. The Hall–Kier alpha value is -1.00. The highest BCUT2D eigenvalue weighted by atomic mass is 32.2. The van der Waals surface area contributed by atoms with Crippen LogP contribution in [0.25, 0.3) is 11.0 Å². The molecule has 0 unspecified atom stereocenters. The molecule has 1 aliphatic heterocycles. The van der Waals surface area contributed by atoms with Gasteiger partial charge >= 0.3 is 0 Å². The van der Waals surface area contributed by atoms with E-state index in [0.29, 0.717) is 0 Å². The minimum atomic E-state index is 1.06. The Kier molecular flexibility index (Phi) is 3.07. The van der Waals surface area contributed by atoms with E-state index in [2.05, 4.69) is 40.1 Å². The molecule has 0 atom stereocenters. The molecule has 3 rings (SSSR count). The smallest absolute Gasteiger partial charge is 0.184 e. The number of rotatable bonds is 3. The van der Waals surface area contributed by atoms with Crippen LogP contribution < -0.4 is 0 Å². The lowest BCUT2D eigenvalue weighted by molar-refractivity contribution is 0.401. The van der Waals surface area contributed by atoms with E-state index < -0.39 is 0 Å². The molecule has 0 aliphatic carbocycles. The van der Waals surface area contributed by atoms with E-state index in [1.165, 1.54) is 24.9 Å². The molecule has 0 spiro atoms. The van der Waals surface area contributed by atoms with Gasteiger partial charge in [0.1, 0.15) is 0 Å². The second kappa shape index (κ2) is 4.70. The molecule has 1 aliphatic rings. The lowest BCUT2D eigenvalue weighted by Crippen LogP contribution is -2.27. The van der Waals surface area contributed by atoms with Crippen LogP contribution >= 0.6 is 11.9 Å². The quantitative estimate of drug-likeness (QED) is 0.777. The summed E-state index contributed by atoms with van der Waals surface area (Å²) in [6.07, 6.45) is 2.53. The molecule has 17 heavy (non-hydrogen) atoms. The van der Waals surface area contributed by atoms with Crippen LogP contribution in [-0.2, 0) is 6.54 Å². The first kappa shape index (κ1) is 11.1. The highest BCUT2D eigenvalue weighted by Gasteiger charge is 2.20. The SMILES string of the molecule is CCCCN1CCn2c(nc3ccccc32)S1. The third-order valence-corrected chi connectivity index (χ3v) is 4.26. The first-order chi connectivity index (χ1) is 8.38. The molecule has 0 saturated heterocycles. The van der Waals surface area contributed by atoms with Crippen molar-refractivity contribution in [3.05, 3.63) is 24.3 Å². The van der Waals surface area contributed by atoms with E-state index in [4.69, 9.17) is 4.98 Å². The average Bonchev–Trinajstić information content (AvgIpc) is 2.74. The Morgan fingerprint density at radius 3 is 3.06 bits per heavy atom. The van der Waals surface area contributed by atoms with Gasteiger partial charge in [0.25, 0.3) is 0 Å². The molecule has 0 saturated carbocycles. The topological polar surface area (TPSA) is 21.1 Å². The maximum absolute atomic E-state index is 4.70. The number of para-hydroxylation sites is 2. The van der Waals surface area contributed by atoms with Crippen LogP contribution in [0.15, 0.2) is 29.4 Å². The minimum Gasteiger partial charge on any atom is -0.317 e. The fourth-order valence-electron chi connectivity index (χ4n) is 2.20. The zero-order valence-corrected chi connectivity index (χ0v) is 10.9. The Bertz CT molecular complexity index is 520. The van der Waals surface area contributed by atoms with E-state index >= 15 is 0 Å². The van der Waals surface area contributed by atoms with Gasteiger partial charge < -0.3 is 4.57 Å². The van der Waals surface area contributed by atoms with Crippen molar-refractivity contribution in [3.63, 3.8) is 0 Å². The molecule has 0 fully saturated rings. The van der Waals surface area contributed by atoms with E-state index in [-0.39, 0.29) is 0 Å². The standard InChI is InChI=1S/C13H17N3S/c1-2-3-8-15-9-10-16-12-7-5-4-6-11(12)14-13(16)17-15/h4-7H,2-3,8-10H2,1H3. The Labute approximate surface area is 106 Å². The lowest BCUT2D eigenvalue weighted by Gasteiger charge is -2.26. The van der Waals surface area contributed by atoms with Gasteiger partial charge in [-0.3, -0.25) is 0 Å². The summed E-state index contributed by atoms with van der Waals surface area (Å²) in [5.41, 5.74) is 2.39. The number of benzene rings is 1.